The number of halogens is 7. The van der Waals surface area contributed by atoms with Gasteiger partial charge < -0.3 is 0 Å². The molecule has 0 saturated carbocycles. The Morgan fingerprint density at radius 2 is 0.895 bits per heavy atom. The zero-order valence-electron chi connectivity index (χ0n) is 8.63. The van der Waals surface area contributed by atoms with Crippen molar-refractivity contribution < 1.29 is 4.79 Å². The minimum atomic E-state index is -0.0227. The highest BCUT2D eigenvalue weighted by Crippen LogP contribution is 2.50. The van der Waals surface area contributed by atoms with Crippen LogP contribution in [-0.2, 0) is 0 Å². The first-order valence-corrected chi connectivity index (χ1v) is 7.24. The van der Waals surface area contributed by atoms with Crippen LogP contribution in [-0.4, -0.2) is 6.29 Å². The van der Waals surface area contributed by atoms with E-state index in [-0.39, 0.29) is 51.5 Å². The second-order valence-corrected chi connectivity index (χ2v) is 6.13. The summed E-state index contributed by atoms with van der Waals surface area (Å²) in [6.45, 7) is 0. The lowest BCUT2D eigenvalue weighted by molar-refractivity contribution is 0.112. The van der Waals surface area contributed by atoms with Crippen molar-refractivity contribution in [1.82, 2.24) is 0 Å². The van der Waals surface area contributed by atoms with Gasteiger partial charge in [0.25, 0.3) is 0 Å². The van der Waals surface area contributed by atoms with Crippen LogP contribution in [0.25, 0.3) is 10.8 Å². The summed E-state index contributed by atoms with van der Waals surface area (Å²) in [6, 6.07) is 0. The third-order valence-electron chi connectivity index (χ3n) is 2.50. The van der Waals surface area contributed by atoms with Crippen LogP contribution < -0.4 is 0 Å². The Balaban J connectivity index is 3.25. The van der Waals surface area contributed by atoms with E-state index in [0.717, 1.165) is 0 Å². The SMILES string of the molecule is O=Cc1c(Cl)c(Cl)c(Cl)c2c(Cl)c(Cl)c(Cl)c(Cl)c12. The van der Waals surface area contributed by atoms with Crippen molar-refractivity contribution in [3.05, 3.63) is 40.7 Å². The van der Waals surface area contributed by atoms with Crippen LogP contribution in [0.3, 0.4) is 0 Å². The fraction of sp³-hybridized carbons (Fsp3) is 0. The number of carbonyl (C=O) groups is 1. The molecule has 0 amide bonds. The highest BCUT2D eigenvalue weighted by Gasteiger charge is 2.24. The Bertz CT molecular complexity index is 715. The van der Waals surface area contributed by atoms with E-state index in [4.69, 9.17) is 81.2 Å². The first kappa shape index (κ1) is 15.8. The number of hydrogen-bond donors (Lipinski definition) is 0. The minimum Gasteiger partial charge on any atom is -0.298 e. The molecule has 0 atom stereocenters. The Morgan fingerprint density at radius 1 is 0.526 bits per heavy atom. The second kappa shape index (κ2) is 5.65. The molecule has 0 N–H and O–H groups in total. The van der Waals surface area contributed by atoms with Crippen molar-refractivity contribution in [2.75, 3.05) is 0 Å². The van der Waals surface area contributed by atoms with Crippen LogP contribution in [0.5, 0.6) is 0 Å². The Labute approximate surface area is 143 Å². The first-order chi connectivity index (χ1) is 8.82. The quantitative estimate of drug-likeness (QED) is 0.282. The molecule has 2 aromatic rings. The first-order valence-electron chi connectivity index (χ1n) is 4.60. The van der Waals surface area contributed by atoms with Crippen molar-refractivity contribution in [1.29, 1.82) is 0 Å². The zero-order valence-corrected chi connectivity index (χ0v) is 13.9. The summed E-state index contributed by atoms with van der Waals surface area (Å²) in [5.41, 5.74) is 0.0523. The highest BCUT2D eigenvalue weighted by molar-refractivity contribution is 6.59. The third kappa shape index (κ3) is 2.30. The maximum absolute atomic E-state index is 11.2. The van der Waals surface area contributed by atoms with E-state index in [1.165, 1.54) is 0 Å². The van der Waals surface area contributed by atoms with Crippen LogP contribution >= 0.6 is 81.2 Å². The minimum absolute atomic E-state index is 0.00529. The van der Waals surface area contributed by atoms with Crippen LogP contribution in [0.15, 0.2) is 0 Å². The van der Waals surface area contributed by atoms with Gasteiger partial charge in [-0.1, -0.05) is 81.2 Å². The molecule has 0 fully saturated rings. The smallest absolute Gasteiger partial charge is 0.152 e. The van der Waals surface area contributed by atoms with E-state index >= 15 is 0 Å². The summed E-state index contributed by atoms with van der Waals surface area (Å²) < 4.78 is 0. The number of aldehydes is 1. The molecule has 0 aromatic heterocycles. The highest BCUT2D eigenvalue weighted by atomic mass is 35.5. The summed E-state index contributed by atoms with van der Waals surface area (Å²) in [6.07, 6.45) is 0.499. The summed E-state index contributed by atoms with van der Waals surface area (Å²) in [7, 11) is 0. The van der Waals surface area contributed by atoms with Gasteiger partial charge in [-0.2, -0.15) is 0 Å². The average Bonchev–Trinajstić information content (AvgIpc) is 2.40. The van der Waals surface area contributed by atoms with E-state index in [2.05, 4.69) is 0 Å². The lowest BCUT2D eigenvalue weighted by Gasteiger charge is -2.14. The van der Waals surface area contributed by atoms with Gasteiger partial charge >= 0.3 is 0 Å². The topological polar surface area (TPSA) is 17.1 Å². The van der Waals surface area contributed by atoms with Gasteiger partial charge in [0.2, 0.25) is 0 Å². The van der Waals surface area contributed by atoms with Gasteiger partial charge in [-0.15, -0.1) is 0 Å². The molecule has 0 aliphatic carbocycles. The summed E-state index contributed by atoms with van der Waals surface area (Å²) in [5, 5.41) is 0.606. The lowest BCUT2D eigenvalue weighted by Crippen LogP contribution is -1.92. The monoisotopic (exact) mass is 394 g/mol. The summed E-state index contributed by atoms with van der Waals surface area (Å²) in [4.78, 5) is 11.2. The fourth-order valence-electron chi connectivity index (χ4n) is 1.64. The molecular formula is C11HCl7O. The van der Waals surface area contributed by atoms with Crippen LogP contribution in [0.1, 0.15) is 10.4 Å². The van der Waals surface area contributed by atoms with E-state index < -0.39 is 0 Å². The lowest BCUT2D eigenvalue weighted by atomic mass is 10.0. The number of fused-ring (bicyclic) bond motifs is 1. The average molecular weight is 397 g/mol. The zero-order chi connectivity index (χ0) is 14.5. The largest absolute Gasteiger partial charge is 0.298 e. The molecular weight excluding hydrogens is 396 g/mol. The molecule has 0 aliphatic rings. The molecule has 0 radical (unpaired) electrons. The normalized spacial score (nSPS) is 11.1. The van der Waals surface area contributed by atoms with E-state index in [1.807, 2.05) is 0 Å². The molecule has 2 aromatic carbocycles. The predicted octanol–water partition coefficient (Wildman–Crippen LogP) is 7.23. The Hall–Kier alpha value is 0.400. The molecule has 100 valence electrons. The molecule has 1 nitrogen and oxygen atoms in total. The number of carbonyl (C=O) groups excluding carboxylic acids is 1. The van der Waals surface area contributed by atoms with E-state index in [0.29, 0.717) is 6.29 Å². The van der Waals surface area contributed by atoms with Crippen molar-refractivity contribution in [2.24, 2.45) is 0 Å². The fourth-order valence-corrected chi connectivity index (χ4v) is 3.49. The standard InChI is InChI=1S/C11HCl7O/c12-5-2(1-19)3-4(7(14)9(5)16)8(15)11(18)10(17)6(3)13/h1H. The van der Waals surface area contributed by atoms with E-state index in [1.54, 1.807) is 0 Å². The third-order valence-corrected chi connectivity index (χ3v) is 5.64. The number of benzene rings is 2. The van der Waals surface area contributed by atoms with Crippen molar-refractivity contribution in [3.8, 4) is 0 Å². The van der Waals surface area contributed by atoms with Crippen LogP contribution in [0, 0.1) is 0 Å². The second-order valence-electron chi connectivity index (χ2n) is 3.48. The van der Waals surface area contributed by atoms with Crippen molar-refractivity contribution >= 4 is 98.3 Å². The molecule has 0 bridgehead atoms. The molecule has 2 rings (SSSR count). The van der Waals surface area contributed by atoms with Crippen LogP contribution in [0.2, 0.25) is 35.2 Å². The Kier molecular flexibility index (Phi) is 4.69. The summed E-state index contributed by atoms with van der Waals surface area (Å²) >= 11 is 42.1. The Morgan fingerprint density at radius 3 is 1.32 bits per heavy atom. The predicted molar refractivity (Wildman–Crippen MR) is 84.4 cm³/mol. The molecule has 0 unspecified atom stereocenters. The molecule has 0 saturated heterocycles. The van der Waals surface area contributed by atoms with Gasteiger partial charge in [0.1, 0.15) is 0 Å². The van der Waals surface area contributed by atoms with Gasteiger partial charge in [0.05, 0.1) is 35.2 Å². The molecule has 0 spiro atoms. The van der Waals surface area contributed by atoms with Gasteiger partial charge in [-0.05, 0) is 0 Å². The molecule has 0 heterocycles. The number of hydrogen-bond acceptors (Lipinski definition) is 1. The number of rotatable bonds is 1. The molecule has 8 heteroatoms. The van der Waals surface area contributed by atoms with E-state index in [9.17, 15) is 4.79 Å². The maximum atomic E-state index is 11.2. The van der Waals surface area contributed by atoms with Gasteiger partial charge in [0.15, 0.2) is 6.29 Å². The molecule has 0 aliphatic heterocycles. The molecule has 19 heavy (non-hydrogen) atoms. The van der Waals surface area contributed by atoms with Gasteiger partial charge in [-0.25, -0.2) is 0 Å². The van der Waals surface area contributed by atoms with Crippen molar-refractivity contribution in [3.63, 3.8) is 0 Å². The van der Waals surface area contributed by atoms with Crippen LogP contribution in [0.4, 0.5) is 0 Å². The summed E-state index contributed by atoms with van der Waals surface area (Å²) in [5.74, 6) is 0. The maximum Gasteiger partial charge on any atom is 0.152 e. The van der Waals surface area contributed by atoms with Crippen molar-refractivity contribution in [2.45, 2.75) is 0 Å². The van der Waals surface area contributed by atoms with Gasteiger partial charge in [0, 0.05) is 16.3 Å². The van der Waals surface area contributed by atoms with Gasteiger partial charge in [-0.3, -0.25) is 4.79 Å².